The Hall–Kier alpha value is -0.790. The number of H-pyrrole nitrogens is 1. The zero-order chi connectivity index (χ0) is 30.4. The lowest BCUT2D eigenvalue weighted by Crippen LogP contribution is -2.40. The summed E-state index contributed by atoms with van der Waals surface area (Å²) in [6, 6.07) is 0.618. The van der Waals surface area contributed by atoms with Gasteiger partial charge in [0, 0.05) is 0 Å². The van der Waals surface area contributed by atoms with Crippen molar-refractivity contribution in [1.82, 2.24) is 4.98 Å². The van der Waals surface area contributed by atoms with Crippen molar-refractivity contribution in [1.29, 1.82) is 0 Å². The minimum atomic E-state index is 0.618. The second kappa shape index (κ2) is 30.2. The molecule has 1 N–H and O–H groups in total. The Kier molecular flexibility index (Phi) is 28.3. The molecule has 2 heteroatoms. The summed E-state index contributed by atoms with van der Waals surface area (Å²) in [6.45, 7) is 9.48. The molecule has 248 valence electrons. The fraction of sp³-hybridized carbons (Fsp3) is 0.925. The van der Waals surface area contributed by atoms with Gasteiger partial charge >= 0.3 is 0 Å². The van der Waals surface area contributed by atoms with Crippen LogP contribution >= 0.6 is 0 Å². The highest BCUT2D eigenvalue weighted by Crippen LogP contribution is 2.22. The zero-order valence-electron chi connectivity index (χ0n) is 29.7. The van der Waals surface area contributed by atoms with E-state index in [1.807, 2.05) is 0 Å². The lowest BCUT2D eigenvalue weighted by molar-refractivity contribution is -0.727. The van der Waals surface area contributed by atoms with E-state index in [9.17, 15) is 0 Å². The van der Waals surface area contributed by atoms with Gasteiger partial charge in [0.15, 0.2) is 0 Å². The molecule has 1 rings (SSSR count). The summed E-state index contributed by atoms with van der Waals surface area (Å²) in [7, 11) is 0. The van der Waals surface area contributed by atoms with Gasteiger partial charge in [-0.3, -0.25) is 0 Å². The van der Waals surface area contributed by atoms with Crippen LogP contribution in [0.2, 0.25) is 0 Å². The first-order chi connectivity index (χ1) is 20.7. The number of nitrogens with one attached hydrogen (secondary N) is 1. The average molecular weight is 588 g/mol. The maximum Gasteiger partial charge on any atom is 0.257 e. The van der Waals surface area contributed by atoms with Gasteiger partial charge in [0.2, 0.25) is 0 Å². The Labute approximate surface area is 266 Å². The summed E-state index contributed by atoms with van der Waals surface area (Å²) in [5.74, 6) is 2.10. The van der Waals surface area contributed by atoms with Gasteiger partial charge < -0.3 is 0 Å². The first-order valence-corrected chi connectivity index (χ1v) is 19.8. The van der Waals surface area contributed by atoms with Gasteiger partial charge in [-0.2, -0.15) is 0 Å². The van der Waals surface area contributed by atoms with Crippen molar-refractivity contribution in [2.45, 2.75) is 239 Å². The smallest absolute Gasteiger partial charge is 0.247 e. The Morgan fingerprint density at radius 1 is 0.452 bits per heavy atom. The maximum absolute atomic E-state index is 3.60. The van der Waals surface area contributed by atoms with Gasteiger partial charge in [-0.05, 0) is 26.2 Å². The molecule has 0 aliphatic carbocycles. The fourth-order valence-corrected chi connectivity index (χ4v) is 6.87. The number of aromatic amines is 1. The average Bonchev–Trinajstić information content (AvgIpc) is 3.49. The number of imidazole rings is 1. The molecule has 0 fully saturated rings. The quantitative estimate of drug-likeness (QED) is 0.0623. The molecule has 0 saturated heterocycles. The molecule has 2 unspecified atom stereocenters. The molecule has 1 aromatic heterocycles. The van der Waals surface area contributed by atoms with Gasteiger partial charge in [-0.15, -0.1) is 0 Å². The number of hydrogen-bond acceptors (Lipinski definition) is 0. The molecule has 0 aliphatic heterocycles. The Bertz CT molecular complexity index is 650. The first kappa shape index (κ1) is 39.2. The molecular weight excluding hydrogens is 508 g/mol. The largest absolute Gasteiger partial charge is 0.257 e. The maximum atomic E-state index is 3.60. The highest BCUT2D eigenvalue weighted by molar-refractivity contribution is 4.87. The topological polar surface area (TPSA) is 19.7 Å². The Morgan fingerprint density at radius 3 is 1.12 bits per heavy atom. The third kappa shape index (κ3) is 22.7. The molecule has 0 radical (unpaired) electrons. The van der Waals surface area contributed by atoms with Gasteiger partial charge in [-0.1, -0.05) is 201 Å². The van der Waals surface area contributed by atoms with E-state index in [4.69, 9.17) is 0 Å². The van der Waals surface area contributed by atoms with Crippen LogP contribution in [-0.2, 0) is 0 Å². The van der Waals surface area contributed by atoms with Gasteiger partial charge in [0.05, 0.1) is 12.0 Å². The van der Waals surface area contributed by atoms with Gasteiger partial charge in [0.25, 0.3) is 5.82 Å². The number of nitrogens with zero attached hydrogens (tertiary/aromatic N) is 1. The number of hydrogen-bond donors (Lipinski definition) is 1. The molecule has 2 nitrogen and oxygen atoms in total. The standard InChI is InChI=1S/C40H78N2/c1-5-7-9-11-13-15-17-19-21-23-25-27-29-31-33-35-39(4)42-37-36-41-40(42)38(3)34-32-30-28-26-24-22-20-18-16-14-12-10-8-6-2/h36-39H,5-35H2,1-4H3/p+1. The molecule has 0 aromatic carbocycles. The van der Waals surface area contributed by atoms with E-state index in [0.717, 1.165) is 0 Å². The van der Waals surface area contributed by atoms with Crippen LogP contribution in [0.15, 0.2) is 12.4 Å². The number of rotatable bonds is 33. The van der Waals surface area contributed by atoms with E-state index >= 15 is 0 Å². The fourth-order valence-electron chi connectivity index (χ4n) is 6.87. The third-order valence-corrected chi connectivity index (χ3v) is 9.90. The first-order valence-electron chi connectivity index (χ1n) is 19.8. The molecular formula is C40H79N2+. The molecule has 0 bridgehead atoms. The lowest BCUT2D eigenvalue weighted by Gasteiger charge is -2.14. The van der Waals surface area contributed by atoms with Crippen LogP contribution in [0, 0.1) is 0 Å². The van der Waals surface area contributed by atoms with Crippen LogP contribution in [0.4, 0.5) is 0 Å². The predicted molar refractivity (Wildman–Crippen MR) is 189 cm³/mol. The van der Waals surface area contributed by atoms with E-state index < -0.39 is 0 Å². The SMILES string of the molecule is CCCCCCCCCCCCCCCCCC(C)[n+]1cc[nH]c1C(C)CCCCCCCCCCCCCCCC. The van der Waals surface area contributed by atoms with Crippen molar-refractivity contribution < 1.29 is 4.57 Å². The van der Waals surface area contributed by atoms with Gasteiger partial charge in [-0.25, -0.2) is 9.55 Å². The van der Waals surface area contributed by atoms with Crippen LogP contribution in [-0.4, -0.2) is 4.98 Å². The highest BCUT2D eigenvalue weighted by atomic mass is 15.1. The lowest BCUT2D eigenvalue weighted by atomic mass is 9.99. The normalized spacial score (nSPS) is 13.1. The zero-order valence-corrected chi connectivity index (χ0v) is 29.7. The van der Waals surface area contributed by atoms with E-state index in [-0.39, 0.29) is 0 Å². The Morgan fingerprint density at radius 2 is 0.762 bits per heavy atom. The summed E-state index contributed by atoms with van der Waals surface area (Å²) >= 11 is 0. The molecule has 0 saturated carbocycles. The second-order valence-corrected chi connectivity index (χ2v) is 14.1. The predicted octanol–water partition coefficient (Wildman–Crippen LogP) is 14.1. The molecule has 0 spiro atoms. The van der Waals surface area contributed by atoms with Crippen LogP contribution in [0.3, 0.4) is 0 Å². The van der Waals surface area contributed by atoms with Crippen LogP contribution in [0.5, 0.6) is 0 Å². The van der Waals surface area contributed by atoms with Gasteiger partial charge in [0.1, 0.15) is 12.4 Å². The molecule has 0 amide bonds. The van der Waals surface area contributed by atoms with Crippen LogP contribution in [0.1, 0.15) is 245 Å². The van der Waals surface area contributed by atoms with E-state index in [1.165, 1.54) is 205 Å². The van der Waals surface area contributed by atoms with Crippen molar-refractivity contribution in [2.75, 3.05) is 0 Å². The summed E-state index contributed by atoms with van der Waals surface area (Å²) < 4.78 is 2.55. The second-order valence-electron chi connectivity index (χ2n) is 14.1. The van der Waals surface area contributed by atoms with Crippen molar-refractivity contribution in [3.05, 3.63) is 18.2 Å². The van der Waals surface area contributed by atoms with Crippen LogP contribution in [0.25, 0.3) is 0 Å². The Balaban J connectivity index is 1.97. The molecule has 42 heavy (non-hydrogen) atoms. The summed E-state index contributed by atoms with van der Waals surface area (Å²) in [5.41, 5.74) is 0. The number of aromatic nitrogens is 2. The molecule has 1 heterocycles. The third-order valence-electron chi connectivity index (χ3n) is 9.90. The summed E-state index contributed by atoms with van der Waals surface area (Å²) in [5, 5.41) is 0. The molecule has 2 atom stereocenters. The van der Waals surface area contributed by atoms with Crippen molar-refractivity contribution in [3.63, 3.8) is 0 Å². The van der Waals surface area contributed by atoms with E-state index in [1.54, 1.807) is 0 Å². The molecule has 1 aromatic rings. The van der Waals surface area contributed by atoms with E-state index in [0.29, 0.717) is 12.0 Å². The minimum absolute atomic E-state index is 0.618. The summed E-state index contributed by atoms with van der Waals surface area (Å²) in [4.78, 5) is 3.60. The van der Waals surface area contributed by atoms with Crippen LogP contribution < -0.4 is 4.57 Å². The van der Waals surface area contributed by atoms with Crippen molar-refractivity contribution in [2.24, 2.45) is 0 Å². The molecule has 0 aliphatic rings. The van der Waals surface area contributed by atoms with Crippen molar-refractivity contribution in [3.8, 4) is 0 Å². The van der Waals surface area contributed by atoms with Crippen molar-refractivity contribution >= 4 is 0 Å². The van der Waals surface area contributed by atoms with E-state index in [2.05, 4.69) is 49.6 Å². The monoisotopic (exact) mass is 588 g/mol. The number of unbranched alkanes of at least 4 members (excludes halogenated alkanes) is 27. The summed E-state index contributed by atoms with van der Waals surface area (Å²) in [6.07, 6.45) is 49.0. The highest BCUT2D eigenvalue weighted by Gasteiger charge is 2.22. The minimum Gasteiger partial charge on any atom is -0.247 e.